The van der Waals surface area contributed by atoms with Crippen molar-refractivity contribution < 1.29 is 14.4 Å². The van der Waals surface area contributed by atoms with E-state index in [9.17, 15) is 14.4 Å². The van der Waals surface area contributed by atoms with E-state index >= 15 is 0 Å². The number of fused-ring (bicyclic) bond motifs is 6. The number of nitrogens with zero attached hydrogens (tertiary/aromatic N) is 3. The highest BCUT2D eigenvalue weighted by atomic mass is 32.1. The first-order valence-corrected chi connectivity index (χ1v) is 11.7. The molecule has 1 aliphatic rings. The third-order valence-electron chi connectivity index (χ3n) is 4.42. The van der Waals surface area contributed by atoms with Crippen LogP contribution in [0.2, 0.25) is 0 Å². The summed E-state index contributed by atoms with van der Waals surface area (Å²) in [5, 5.41) is 15.4. The number of carbonyl (C=O) groups is 3. The van der Waals surface area contributed by atoms with E-state index in [1.807, 2.05) is 0 Å². The first-order valence-electron chi connectivity index (χ1n) is 9.10. The van der Waals surface area contributed by atoms with Crippen molar-refractivity contribution in [3.63, 3.8) is 0 Å². The molecule has 0 spiro atoms. The second kappa shape index (κ2) is 8.20. The molecule has 0 fully saturated rings. The Kier molecular flexibility index (Phi) is 5.62. The van der Waals surface area contributed by atoms with Gasteiger partial charge in [0.2, 0.25) is 0 Å². The second-order valence-corrected chi connectivity index (χ2v) is 9.47. The molecule has 0 radical (unpaired) electrons. The van der Waals surface area contributed by atoms with Crippen molar-refractivity contribution in [3.05, 3.63) is 48.2 Å². The van der Waals surface area contributed by atoms with E-state index < -0.39 is 0 Å². The summed E-state index contributed by atoms with van der Waals surface area (Å²) in [7, 11) is 0. The monoisotopic (exact) mass is 462 g/mol. The van der Waals surface area contributed by atoms with Crippen LogP contribution in [0.4, 0.5) is 0 Å². The van der Waals surface area contributed by atoms with Crippen molar-refractivity contribution in [3.8, 4) is 0 Å². The fraction of sp³-hybridized carbons (Fsp3) is 0.333. The van der Waals surface area contributed by atoms with Gasteiger partial charge in [0.05, 0.1) is 18.1 Å². The molecule has 3 amide bonds. The van der Waals surface area contributed by atoms with Gasteiger partial charge in [-0.2, -0.15) is 0 Å². The molecular formula is C18H18N6O3S3. The van der Waals surface area contributed by atoms with E-state index in [1.54, 1.807) is 36.9 Å². The van der Waals surface area contributed by atoms with Crippen molar-refractivity contribution in [2.24, 2.45) is 0 Å². The van der Waals surface area contributed by atoms with Gasteiger partial charge in [0.25, 0.3) is 17.7 Å². The summed E-state index contributed by atoms with van der Waals surface area (Å²) in [4.78, 5) is 50.7. The third kappa shape index (κ3) is 4.11. The van der Waals surface area contributed by atoms with E-state index in [0.29, 0.717) is 15.0 Å². The molecule has 3 aromatic rings. The topological polar surface area (TPSA) is 126 Å². The Balaban J connectivity index is 1.68. The van der Waals surface area contributed by atoms with E-state index in [1.165, 1.54) is 34.0 Å². The average Bonchev–Trinajstić information content (AvgIpc) is 3.47. The normalized spacial score (nSPS) is 22.5. The van der Waals surface area contributed by atoms with Gasteiger partial charge < -0.3 is 16.0 Å². The van der Waals surface area contributed by atoms with Gasteiger partial charge in [-0.1, -0.05) is 0 Å². The molecule has 156 valence electrons. The smallest absolute Gasteiger partial charge is 0.271 e. The van der Waals surface area contributed by atoms with Crippen molar-refractivity contribution in [1.82, 2.24) is 30.9 Å². The van der Waals surface area contributed by atoms with Crippen LogP contribution >= 0.6 is 34.0 Å². The Morgan fingerprint density at radius 1 is 0.600 bits per heavy atom. The molecule has 3 atom stereocenters. The summed E-state index contributed by atoms with van der Waals surface area (Å²) in [6.45, 7) is 5.39. The van der Waals surface area contributed by atoms with E-state index in [2.05, 4.69) is 30.9 Å². The summed E-state index contributed by atoms with van der Waals surface area (Å²) < 4.78 is 0. The number of aromatic nitrogens is 3. The van der Waals surface area contributed by atoms with Crippen LogP contribution in [0.5, 0.6) is 0 Å². The summed E-state index contributed by atoms with van der Waals surface area (Å²) in [5.74, 6) is -1.03. The first kappa shape index (κ1) is 20.6. The lowest BCUT2D eigenvalue weighted by atomic mass is 10.3. The largest absolute Gasteiger partial charge is 0.342 e. The average molecular weight is 463 g/mol. The molecule has 4 rings (SSSR count). The van der Waals surface area contributed by atoms with Crippen LogP contribution < -0.4 is 16.0 Å². The molecule has 4 heterocycles. The van der Waals surface area contributed by atoms with Crippen molar-refractivity contribution in [1.29, 1.82) is 0 Å². The van der Waals surface area contributed by atoms with E-state index in [-0.39, 0.29) is 52.9 Å². The number of carbonyl (C=O) groups excluding carboxylic acids is 3. The zero-order chi connectivity index (χ0) is 21.4. The lowest BCUT2D eigenvalue weighted by Crippen LogP contribution is -2.29. The Labute approximate surface area is 184 Å². The fourth-order valence-electron chi connectivity index (χ4n) is 2.77. The minimum absolute atomic E-state index is 0.267. The quantitative estimate of drug-likeness (QED) is 0.472. The van der Waals surface area contributed by atoms with Crippen LogP contribution in [-0.4, -0.2) is 32.7 Å². The minimum Gasteiger partial charge on any atom is -0.342 e. The standard InChI is InChI=1S/C18H18N6O3S3/c1-7-16-22-11(4-28-16)14(26)20-9(3)18-24-12(6-30-18)15(27)21-8(2)17-23-10(5-29-17)13(25)19-7/h4-9H,1-3H3,(H,19,25)(H,20,26)(H,21,27)/t7-,8-,9-/m1/s1. The molecule has 3 aromatic heterocycles. The van der Waals surface area contributed by atoms with Gasteiger partial charge in [-0.25, -0.2) is 15.0 Å². The number of hydrogen-bond acceptors (Lipinski definition) is 9. The predicted octanol–water partition coefficient (Wildman–Crippen LogP) is 2.84. The van der Waals surface area contributed by atoms with Crippen LogP contribution in [0.25, 0.3) is 0 Å². The van der Waals surface area contributed by atoms with Gasteiger partial charge >= 0.3 is 0 Å². The molecule has 30 heavy (non-hydrogen) atoms. The van der Waals surface area contributed by atoms with Crippen LogP contribution in [-0.2, 0) is 0 Å². The number of amides is 3. The van der Waals surface area contributed by atoms with Gasteiger partial charge in [-0.15, -0.1) is 34.0 Å². The third-order valence-corrected chi connectivity index (χ3v) is 7.50. The zero-order valence-corrected chi connectivity index (χ0v) is 18.7. The van der Waals surface area contributed by atoms with E-state index in [4.69, 9.17) is 0 Å². The summed E-state index contributed by atoms with van der Waals surface area (Å²) in [6, 6.07) is -1.16. The number of nitrogens with one attached hydrogen (secondary N) is 3. The van der Waals surface area contributed by atoms with Crippen LogP contribution in [0.15, 0.2) is 16.1 Å². The molecular weight excluding hydrogens is 444 g/mol. The molecule has 0 aliphatic carbocycles. The lowest BCUT2D eigenvalue weighted by Gasteiger charge is -2.12. The molecule has 0 saturated carbocycles. The number of hydrogen-bond donors (Lipinski definition) is 3. The van der Waals surface area contributed by atoms with Gasteiger partial charge in [0.1, 0.15) is 32.1 Å². The van der Waals surface area contributed by atoms with Crippen molar-refractivity contribution >= 4 is 51.7 Å². The maximum Gasteiger partial charge on any atom is 0.271 e. The van der Waals surface area contributed by atoms with Crippen LogP contribution in [0, 0.1) is 0 Å². The summed E-state index contributed by atoms with van der Waals surface area (Å²) in [5.41, 5.74) is 0.801. The van der Waals surface area contributed by atoms with Crippen molar-refractivity contribution in [2.45, 2.75) is 38.9 Å². The number of rotatable bonds is 0. The predicted molar refractivity (Wildman–Crippen MR) is 114 cm³/mol. The Morgan fingerprint density at radius 3 is 1.13 bits per heavy atom. The first-order chi connectivity index (χ1) is 14.3. The molecule has 6 bridgehead atoms. The van der Waals surface area contributed by atoms with E-state index in [0.717, 1.165) is 0 Å². The Hall–Kier alpha value is -2.70. The highest BCUT2D eigenvalue weighted by Gasteiger charge is 2.23. The van der Waals surface area contributed by atoms with Crippen molar-refractivity contribution in [2.75, 3.05) is 0 Å². The van der Waals surface area contributed by atoms with Gasteiger partial charge in [0, 0.05) is 16.1 Å². The highest BCUT2D eigenvalue weighted by molar-refractivity contribution is 7.10. The molecule has 9 nitrogen and oxygen atoms in total. The second-order valence-electron chi connectivity index (χ2n) is 6.80. The molecule has 0 unspecified atom stereocenters. The maximum atomic E-state index is 12.6. The molecule has 0 aromatic carbocycles. The molecule has 12 heteroatoms. The molecule has 3 N–H and O–H groups in total. The summed E-state index contributed by atoms with van der Waals surface area (Å²) in [6.07, 6.45) is 0. The van der Waals surface area contributed by atoms with Gasteiger partial charge in [0.15, 0.2) is 0 Å². The Bertz CT molecular complexity index is 982. The fourth-order valence-corrected chi connectivity index (χ4v) is 5.19. The highest BCUT2D eigenvalue weighted by Crippen LogP contribution is 2.23. The summed E-state index contributed by atoms with van der Waals surface area (Å²) >= 11 is 3.90. The SMILES string of the molecule is C[C@H]1NC(=O)c2csc(n2)[C@@H](C)NC(=O)c2csc(n2)[C@@H](C)NC(=O)c2csc1n2. The van der Waals surface area contributed by atoms with Crippen LogP contribution in [0.1, 0.15) is 85.4 Å². The lowest BCUT2D eigenvalue weighted by molar-refractivity contribution is 0.0931. The molecule has 0 saturated heterocycles. The molecule has 1 aliphatic heterocycles. The maximum absolute atomic E-state index is 12.6. The zero-order valence-electron chi connectivity index (χ0n) is 16.3. The van der Waals surface area contributed by atoms with Crippen LogP contribution in [0.3, 0.4) is 0 Å². The number of thiazole rings is 3. The van der Waals surface area contributed by atoms with Gasteiger partial charge in [-0.3, -0.25) is 14.4 Å². The van der Waals surface area contributed by atoms with Gasteiger partial charge in [-0.05, 0) is 20.8 Å². The minimum atomic E-state index is -0.385. The Morgan fingerprint density at radius 2 is 0.867 bits per heavy atom.